The Morgan fingerprint density at radius 1 is 1.17 bits per heavy atom. The number of hydrogen-bond donors (Lipinski definition) is 1. The van der Waals surface area contributed by atoms with E-state index < -0.39 is 6.04 Å². The molecule has 1 aliphatic rings. The largest absolute Gasteiger partial charge is 0.493 e. The molecule has 29 heavy (non-hydrogen) atoms. The first-order chi connectivity index (χ1) is 14.0. The maximum atomic E-state index is 13.1. The molecular formula is C22H25N3O4. The van der Waals surface area contributed by atoms with Crippen molar-refractivity contribution in [3.05, 3.63) is 66.0 Å². The van der Waals surface area contributed by atoms with Gasteiger partial charge in [-0.15, -0.1) is 0 Å². The van der Waals surface area contributed by atoms with Crippen LogP contribution in [-0.4, -0.2) is 48.5 Å². The fourth-order valence-corrected chi connectivity index (χ4v) is 3.37. The summed E-state index contributed by atoms with van der Waals surface area (Å²) in [5, 5.41) is 2.79. The molecule has 0 fully saturated rings. The zero-order valence-corrected chi connectivity index (χ0v) is 16.8. The molecule has 1 aromatic heterocycles. The Hall–Kier alpha value is -3.35. The Morgan fingerprint density at radius 2 is 1.97 bits per heavy atom. The van der Waals surface area contributed by atoms with Gasteiger partial charge in [0, 0.05) is 24.5 Å². The van der Waals surface area contributed by atoms with Crippen LogP contribution < -0.4 is 14.8 Å². The van der Waals surface area contributed by atoms with Gasteiger partial charge in [0.2, 0.25) is 5.91 Å². The number of benzene rings is 1. The molecule has 7 nitrogen and oxygen atoms in total. The van der Waals surface area contributed by atoms with Crippen LogP contribution in [0, 0.1) is 0 Å². The van der Waals surface area contributed by atoms with E-state index in [1.165, 1.54) is 14.2 Å². The number of aromatic nitrogens is 1. The van der Waals surface area contributed by atoms with Gasteiger partial charge < -0.3 is 19.7 Å². The molecule has 0 spiro atoms. The molecule has 0 saturated heterocycles. The van der Waals surface area contributed by atoms with Gasteiger partial charge >= 0.3 is 0 Å². The maximum absolute atomic E-state index is 13.1. The van der Waals surface area contributed by atoms with Crippen LogP contribution in [0.25, 0.3) is 0 Å². The van der Waals surface area contributed by atoms with E-state index in [1.807, 2.05) is 18.2 Å². The van der Waals surface area contributed by atoms with E-state index in [9.17, 15) is 9.59 Å². The highest BCUT2D eigenvalue weighted by atomic mass is 16.5. The molecule has 0 aliphatic carbocycles. The van der Waals surface area contributed by atoms with Gasteiger partial charge in [0.1, 0.15) is 6.04 Å². The van der Waals surface area contributed by atoms with Gasteiger partial charge in [-0.2, -0.15) is 0 Å². The lowest BCUT2D eigenvalue weighted by Crippen LogP contribution is -2.48. The van der Waals surface area contributed by atoms with Crippen molar-refractivity contribution in [3.8, 4) is 11.5 Å². The third-order valence-corrected chi connectivity index (χ3v) is 4.92. The van der Waals surface area contributed by atoms with Crippen LogP contribution in [0.3, 0.4) is 0 Å². The number of amides is 2. The molecule has 0 radical (unpaired) electrons. The van der Waals surface area contributed by atoms with Gasteiger partial charge in [0.25, 0.3) is 5.91 Å². The molecule has 1 aromatic carbocycles. The second-order valence-electron chi connectivity index (χ2n) is 6.76. The lowest BCUT2D eigenvalue weighted by molar-refractivity contribution is -0.135. The quantitative estimate of drug-likeness (QED) is 0.761. The van der Waals surface area contributed by atoms with Crippen LogP contribution in [0.5, 0.6) is 11.5 Å². The number of carbonyl (C=O) groups excluding carboxylic acids is 2. The third-order valence-electron chi connectivity index (χ3n) is 4.92. The van der Waals surface area contributed by atoms with E-state index in [1.54, 1.807) is 42.4 Å². The van der Waals surface area contributed by atoms with E-state index in [4.69, 9.17) is 9.47 Å². The normalized spacial score (nSPS) is 16.8. The molecule has 2 aromatic rings. The lowest BCUT2D eigenvalue weighted by atomic mass is 9.99. The van der Waals surface area contributed by atoms with E-state index in [2.05, 4.69) is 16.4 Å². The van der Waals surface area contributed by atoms with Crippen molar-refractivity contribution >= 4 is 11.8 Å². The van der Waals surface area contributed by atoms with Crippen LogP contribution in [-0.2, 0) is 4.79 Å². The fourth-order valence-electron chi connectivity index (χ4n) is 3.37. The molecule has 0 saturated carbocycles. The molecule has 2 heterocycles. The Balaban J connectivity index is 1.72. The average Bonchev–Trinajstić information content (AvgIpc) is 2.78. The summed E-state index contributed by atoms with van der Waals surface area (Å²) < 4.78 is 10.4. The Bertz CT molecular complexity index is 898. The van der Waals surface area contributed by atoms with Crippen molar-refractivity contribution in [3.63, 3.8) is 0 Å². The second-order valence-corrected chi connectivity index (χ2v) is 6.76. The summed E-state index contributed by atoms with van der Waals surface area (Å²) in [5.74, 6) is 0.499. The molecule has 152 valence electrons. The first kappa shape index (κ1) is 20.4. The van der Waals surface area contributed by atoms with E-state index in [-0.39, 0.29) is 17.9 Å². The topological polar surface area (TPSA) is 80.8 Å². The van der Waals surface area contributed by atoms with Crippen LogP contribution in [0.1, 0.15) is 35.3 Å². The Morgan fingerprint density at radius 3 is 2.66 bits per heavy atom. The van der Waals surface area contributed by atoms with E-state index in [0.29, 0.717) is 30.0 Å². The molecule has 1 N–H and O–H groups in total. The average molecular weight is 395 g/mol. The summed E-state index contributed by atoms with van der Waals surface area (Å²) in [6, 6.07) is 7.93. The fraction of sp³-hybridized carbons (Fsp3) is 0.318. The minimum absolute atomic E-state index is 0.0957. The smallest absolute Gasteiger partial charge is 0.252 e. The molecule has 1 aliphatic heterocycles. The van der Waals surface area contributed by atoms with E-state index >= 15 is 0 Å². The van der Waals surface area contributed by atoms with Gasteiger partial charge in [0.15, 0.2) is 11.5 Å². The van der Waals surface area contributed by atoms with Crippen LogP contribution in [0.15, 0.2) is 54.9 Å². The standard InChI is InChI=1S/C22H25N3O4/c1-15(24-21(26)16-9-10-19(28-2)20(13-16)29-3)22(27)25-12-5-4-8-18(25)17-7-6-11-23-14-17/h4-7,9-11,13-15,18H,8,12H2,1-3H3,(H,24,26)/t15-,18?/m0/s1. The lowest BCUT2D eigenvalue weighted by Gasteiger charge is -2.35. The maximum Gasteiger partial charge on any atom is 0.252 e. The summed E-state index contributed by atoms with van der Waals surface area (Å²) in [7, 11) is 3.04. The summed E-state index contributed by atoms with van der Waals surface area (Å²) in [6.45, 7) is 2.19. The third kappa shape index (κ3) is 4.56. The number of rotatable bonds is 6. The van der Waals surface area contributed by atoms with Crippen LogP contribution in [0.2, 0.25) is 0 Å². The Labute approximate surface area is 170 Å². The molecular weight excluding hydrogens is 370 g/mol. The van der Waals surface area contributed by atoms with Gasteiger partial charge in [-0.25, -0.2) is 0 Å². The predicted molar refractivity (Wildman–Crippen MR) is 109 cm³/mol. The van der Waals surface area contributed by atoms with Gasteiger partial charge in [-0.05, 0) is 43.2 Å². The molecule has 2 amide bonds. The predicted octanol–water partition coefficient (Wildman–Crippen LogP) is 2.75. The minimum Gasteiger partial charge on any atom is -0.493 e. The van der Waals surface area contributed by atoms with E-state index in [0.717, 1.165) is 5.56 Å². The highest BCUT2D eigenvalue weighted by molar-refractivity contribution is 5.98. The number of nitrogens with zero attached hydrogens (tertiary/aromatic N) is 2. The Kier molecular flexibility index (Phi) is 6.49. The van der Waals surface area contributed by atoms with Gasteiger partial charge in [-0.3, -0.25) is 14.6 Å². The molecule has 7 heteroatoms. The van der Waals surface area contributed by atoms with Crippen molar-refractivity contribution in [2.45, 2.75) is 25.4 Å². The number of carbonyl (C=O) groups is 2. The first-order valence-corrected chi connectivity index (χ1v) is 9.43. The molecule has 0 bridgehead atoms. The number of methoxy groups -OCH3 is 2. The number of hydrogen-bond acceptors (Lipinski definition) is 5. The van der Waals surface area contributed by atoms with Gasteiger partial charge in [-0.1, -0.05) is 18.2 Å². The monoisotopic (exact) mass is 395 g/mol. The SMILES string of the molecule is COc1ccc(C(=O)N[C@@H](C)C(=O)N2CC=CCC2c2cccnc2)cc1OC. The second kappa shape index (κ2) is 9.23. The number of ether oxygens (including phenoxy) is 2. The first-order valence-electron chi connectivity index (χ1n) is 9.43. The highest BCUT2D eigenvalue weighted by Crippen LogP contribution is 2.29. The summed E-state index contributed by atoms with van der Waals surface area (Å²) in [6.07, 6.45) is 8.23. The van der Waals surface area contributed by atoms with Crippen LogP contribution >= 0.6 is 0 Å². The highest BCUT2D eigenvalue weighted by Gasteiger charge is 2.30. The zero-order chi connectivity index (χ0) is 20.8. The minimum atomic E-state index is -0.679. The van der Waals surface area contributed by atoms with Crippen LogP contribution in [0.4, 0.5) is 0 Å². The van der Waals surface area contributed by atoms with Crippen molar-refractivity contribution in [1.82, 2.24) is 15.2 Å². The molecule has 3 rings (SSSR count). The molecule has 2 atom stereocenters. The molecule has 1 unspecified atom stereocenters. The van der Waals surface area contributed by atoms with Crippen molar-refractivity contribution in [2.24, 2.45) is 0 Å². The van der Waals surface area contributed by atoms with Crippen molar-refractivity contribution in [2.75, 3.05) is 20.8 Å². The summed E-state index contributed by atoms with van der Waals surface area (Å²) in [4.78, 5) is 31.7. The zero-order valence-electron chi connectivity index (χ0n) is 16.8. The summed E-state index contributed by atoms with van der Waals surface area (Å²) in [5.41, 5.74) is 1.37. The van der Waals surface area contributed by atoms with Crippen molar-refractivity contribution < 1.29 is 19.1 Å². The summed E-state index contributed by atoms with van der Waals surface area (Å²) >= 11 is 0. The number of nitrogens with one attached hydrogen (secondary N) is 1. The van der Waals surface area contributed by atoms with Crippen molar-refractivity contribution in [1.29, 1.82) is 0 Å². The van der Waals surface area contributed by atoms with Gasteiger partial charge in [0.05, 0.1) is 20.3 Å². The number of pyridine rings is 1.